The molecule has 2 rings (SSSR count). The minimum absolute atomic E-state index is 0.174. The van der Waals surface area contributed by atoms with E-state index in [1.54, 1.807) is 0 Å². The molecule has 3 heteroatoms. The number of rotatable bonds is 7. The minimum atomic E-state index is -0.485. The molecule has 0 heterocycles. The summed E-state index contributed by atoms with van der Waals surface area (Å²) in [5.41, 5.74) is 2.08. The smallest absolute Gasteiger partial charge is 0.120 e. The number of hydrogen-bond donors (Lipinski definition) is 2. The Balaban J connectivity index is 1.83. The summed E-state index contributed by atoms with van der Waals surface area (Å²) in [5, 5.41) is 13.4. The van der Waals surface area contributed by atoms with Crippen LogP contribution in [0.5, 0.6) is 5.75 Å². The average Bonchev–Trinajstić information content (AvgIpc) is 2.48. The molecule has 0 aliphatic carbocycles. The Hall–Kier alpha value is -1.84. The van der Waals surface area contributed by atoms with Crippen LogP contribution in [-0.2, 0) is 6.54 Å². The second-order valence-corrected chi connectivity index (χ2v) is 5.37. The maximum Gasteiger partial charge on any atom is 0.120 e. The zero-order valence-electron chi connectivity index (χ0n) is 12.6. The zero-order valence-corrected chi connectivity index (χ0v) is 12.6. The molecule has 0 aromatic heterocycles. The van der Waals surface area contributed by atoms with Gasteiger partial charge in [-0.3, -0.25) is 0 Å². The molecule has 0 bridgehead atoms. The van der Waals surface area contributed by atoms with E-state index in [4.69, 9.17) is 4.74 Å². The standard InChI is InChI=1S/C18H23NO2/c1-14(2)21-17-10-6-7-15(11-17)12-19-13-18(20)16-8-4-3-5-9-16/h3-11,14,18-20H,12-13H2,1-2H3/t18-/m1/s1. The molecule has 112 valence electrons. The fourth-order valence-electron chi connectivity index (χ4n) is 2.15. The van der Waals surface area contributed by atoms with Crippen LogP contribution < -0.4 is 10.1 Å². The molecule has 0 aliphatic rings. The SMILES string of the molecule is CC(C)Oc1cccc(CNC[C@@H](O)c2ccccc2)c1. The van der Waals surface area contributed by atoms with Gasteiger partial charge in [-0.25, -0.2) is 0 Å². The molecule has 0 aliphatic heterocycles. The highest BCUT2D eigenvalue weighted by Crippen LogP contribution is 2.15. The van der Waals surface area contributed by atoms with Crippen LogP contribution in [0.2, 0.25) is 0 Å². The number of ether oxygens (including phenoxy) is 1. The quantitative estimate of drug-likeness (QED) is 0.820. The zero-order chi connectivity index (χ0) is 15.1. The lowest BCUT2D eigenvalue weighted by Gasteiger charge is -2.13. The Morgan fingerprint density at radius 3 is 2.52 bits per heavy atom. The lowest BCUT2D eigenvalue weighted by atomic mass is 10.1. The molecular formula is C18H23NO2. The molecule has 2 aromatic rings. The first-order valence-electron chi connectivity index (χ1n) is 7.34. The van der Waals surface area contributed by atoms with Gasteiger partial charge in [0.15, 0.2) is 0 Å². The van der Waals surface area contributed by atoms with Crippen molar-refractivity contribution < 1.29 is 9.84 Å². The fourth-order valence-corrected chi connectivity index (χ4v) is 2.15. The molecule has 1 atom stereocenters. The van der Waals surface area contributed by atoms with E-state index in [-0.39, 0.29) is 6.10 Å². The Bertz CT molecular complexity index is 540. The topological polar surface area (TPSA) is 41.5 Å². The summed E-state index contributed by atoms with van der Waals surface area (Å²) < 4.78 is 5.67. The first kappa shape index (κ1) is 15.5. The van der Waals surface area contributed by atoms with Crippen LogP contribution in [-0.4, -0.2) is 17.8 Å². The van der Waals surface area contributed by atoms with Crippen molar-refractivity contribution in [2.45, 2.75) is 32.6 Å². The molecule has 0 unspecified atom stereocenters. The van der Waals surface area contributed by atoms with E-state index >= 15 is 0 Å². The predicted molar refractivity (Wildman–Crippen MR) is 85.3 cm³/mol. The van der Waals surface area contributed by atoms with Gasteiger partial charge in [-0.2, -0.15) is 0 Å². The second kappa shape index (κ2) is 7.81. The summed E-state index contributed by atoms with van der Waals surface area (Å²) in [6, 6.07) is 17.7. The Labute approximate surface area is 126 Å². The summed E-state index contributed by atoms with van der Waals surface area (Å²) in [5.74, 6) is 0.882. The van der Waals surface area contributed by atoms with E-state index in [0.717, 1.165) is 16.9 Å². The largest absolute Gasteiger partial charge is 0.491 e. The number of hydrogen-bond acceptors (Lipinski definition) is 3. The molecule has 2 aromatic carbocycles. The molecule has 2 N–H and O–H groups in total. The molecule has 21 heavy (non-hydrogen) atoms. The number of nitrogens with one attached hydrogen (secondary N) is 1. The van der Waals surface area contributed by atoms with E-state index < -0.39 is 6.10 Å². The van der Waals surface area contributed by atoms with Gasteiger partial charge in [0.1, 0.15) is 5.75 Å². The monoisotopic (exact) mass is 285 g/mol. The Morgan fingerprint density at radius 1 is 1.05 bits per heavy atom. The number of benzene rings is 2. The van der Waals surface area contributed by atoms with Crippen molar-refractivity contribution in [1.29, 1.82) is 0 Å². The van der Waals surface area contributed by atoms with E-state index in [2.05, 4.69) is 11.4 Å². The van der Waals surface area contributed by atoms with Crippen molar-refractivity contribution in [3.8, 4) is 5.75 Å². The van der Waals surface area contributed by atoms with Crippen molar-refractivity contribution in [2.24, 2.45) is 0 Å². The van der Waals surface area contributed by atoms with Gasteiger partial charge in [0, 0.05) is 13.1 Å². The third kappa shape index (κ3) is 5.21. The highest BCUT2D eigenvalue weighted by Gasteiger charge is 2.06. The van der Waals surface area contributed by atoms with E-state index in [1.807, 2.05) is 62.4 Å². The van der Waals surface area contributed by atoms with Crippen molar-refractivity contribution in [3.63, 3.8) is 0 Å². The minimum Gasteiger partial charge on any atom is -0.491 e. The van der Waals surface area contributed by atoms with E-state index in [9.17, 15) is 5.11 Å². The number of aliphatic hydroxyl groups is 1. The van der Waals surface area contributed by atoms with Gasteiger partial charge in [-0.1, -0.05) is 42.5 Å². The molecule has 0 radical (unpaired) electrons. The van der Waals surface area contributed by atoms with E-state index in [1.165, 1.54) is 0 Å². The van der Waals surface area contributed by atoms with Gasteiger partial charge in [-0.15, -0.1) is 0 Å². The van der Waals surface area contributed by atoms with Crippen LogP contribution in [0.1, 0.15) is 31.1 Å². The maximum atomic E-state index is 10.1. The Kier molecular flexibility index (Phi) is 5.78. The van der Waals surface area contributed by atoms with Gasteiger partial charge in [0.05, 0.1) is 12.2 Å². The van der Waals surface area contributed by atoms with Crippen molar-refractivity contribution in [2.75, 3.05) is 6.54 Å². The van der Waals surface area contributed by atoms with Crippen LogP contribution in [0.15, 0.2) is 54.6 Å². The van der Waals surface area contributed by atoms with Crippen LogP contribution in [0, 0.1) is 0 Å². The highest BCUT2D eigenvalue weighted by molar-refractivity contribution is 5.28. The molecule has 0 saturated carbocycles. The van der Waals surface area contributed by atoms with Crippen LogP contribution >= 0.6 is 0 Å². The summed E-state index contributed by atoms with van der Waals surface area (Å²) in [7, 11) is 0. The van der Waals surface area contributed by atoms with Gasteiger partial charge in [0.2, 0.25) is 0 Å². The maximum absolute atomic E-state index is 10.1. The third-order valence-corrected chi connectivity index (χ3v) is 3.12. The lowest BCUT2D eigenvalue weighted by molar-refractivity contribution is 0.174. The Morgan fingerprint density at radius 2 is 1.81 bits per heavy atom. The van der Waals surface area contributed by atoms with Crippen LogP contribution in [0.4, 0.5) is 0 Å². The first-order valence-corrected chi connectivity index (χ1v) is 7.34. The highest BCUT2D eigenvalue weighted by atomic mass is 16.5. The summed E-state index contributed by atoms with van der Waals surface area (Å²) in [6.45, 7) is 5.26. The van der Waals surface area contributed by atoms with Gasteiger partial charge >= 0.3 is 0 Å². The van der Waals surface area contributed by atoms with Gasteiger partial charge < -0.3 is 15.2 Å². The molecule has 0 spiro atoms. The third-order valence-electron chi connectivity index (χ3n) is 3.12. The summed E-state index contributed by atoms with van der Waals surface area (Å²) in [4.78, 5) is 0. The fraction of sp³-hybridized carbons (Fsp3) is 0.333. The van der Waals surface area contributed by atoms with Crippen molar-refractivity contribution in [3.05, 3.63) is 65.7 Å². The van der Waals surface area contributed by atoms with Gasteiger partial charge in [-0.05, 0) is 37.1 Å². The summed E-state index contributed by atoms with van der Waals surface area (Å²) >= 11 is 0. The van der Waals surface area contributed by atoms with Crippen molar-refractivity contribution in [1.82, 2.24) is 5.32 Å². The van der Waals surface area contributed by atoms with Crippen LogP contribution in [0.3, 0.4) is 0 Å². The number of aliphatic hydroxyl groups excluding tert-OH is 1. The normalized spacial score (nSPS) is 12.4. The average molecular weight is 285 g/mol. The molecule has 0 fully saturated rings. The second-order valence-electron chi connectivity index (χ2n) is 5.37. The van der Waals surface area contributed by atoms with Gasteiger partial charge in [0.25, 0.3) is 0 Å². The summed E-state index contributed by atoms with van der Waals surface area (Å²) in [6.07, 6.45) is -0.311. The van der Waals surface area contributed by atoms with Crippen LogP contribution in [0.25, 0.3) is 0 Å². The molecule has 0 amide bonds. The van der Waals surface area contributed by atoms with E-state index in [0.29, 0.717) is 13.1 Å². The lowest BCUT2D eigenvalue weighted by Crippen LogP contribution is -2.21. The molecular weight excluding hydrogens is 262 g/mol. The van der Waals surface area contributed by atoms with Crippen molar-refractivity contribution >= 4 is 0 Å². The molecule has 0 saturated heterocycles. The predicted octanol–water partition coefficient (Wildman–Crippen LogP) is 3.30. The first-order chi connectivity index (χ1) is 10.1. The molecule has 3 nitrogen and oxygen atoms in total.